The Hall–Kier alpha value is -2.95. The molecule has 35 heavy (non-hydrogen) atoms. The number of alkyl halides is 3. The van der Waals surface area contributed by atoms with Gasteiger partial charge in [0.2, 0.25) is 0 Å². The molecule has 0 spiro atoms. The number of amides is 1. The second-order valence-corrected chi connectivity index (χ2v) is 9.21. The van der Waals surface area contributed by atoms with E-state index in [1.165, 1.54) is 7.11 Å². The van der Waals surface area contributed by atoms with Gasteiger partial charge in [-0.3, -0.25) is 9.69 Å². The van der Waals surface area contributed by atoms with Gasteiger partial charge in [-0.25, -0.2) is 4.98 Å². The summed E-state index contributed by atoms with van der Waals surface area (Å²) in [5, 5.41) is 2.84. The van der Waals surface area contributed by atoms with E-state index in [1.54, 1.807) is 43.3 Å². The van der Waals surface area contributed by atoms with Crippen LogP contribution >= 0.6 is 11.3 Å². The van der Waals surface area contributed by atoms with Crippen LogP contribution in [0.4, 0.5) is 13.2 Å². The summed E-state index contributed by atoms with van der Waals surface area (Å²) < 4.78 is 52.3. The number of carbonyl (C=O) groups excluding carboxylic acids is 1. The number of hydrogen-bond donors (Lipinski definition) is 1. The Kier molecular flexibility index (Phi) is 7.73. The zero-order valence-corrected chi connectivity index (χ0v) is 20.2. The summed E-state index contributed by atoms with van der Waals surface area (Å²) in [4.78, 5) is 18.6. The van der Waals surface area contributed by atoms with E-state index in [1.807, 2.05) is 12.1 Å². The van der Waals surface area contributed by atoms with Gasteiger partial charge in [0.15, 0.2) is 5.69 Å². The highest BCUT2D eigenvalue weighted by Crippen LogP contribution is 2.39. The fourth-order valence-electron chi connectivity index (χ4n) is 3.90. The smallest absolute Gasteiger partial charge is 0.435 e. The van der Waals surface area contributed by atoms with Crippen LogP contribution in [0.25, 0.3) is 10.6 Å². The number of rotatable bonds is 7. The molecule has 0 bridgehead atoms. The molecule has 1 aliphatic heterocycles. The molecule has 4 rings (SSSR count). The summed E-state index contributed by atoms with van der Waals surface area (Å²) in [6.07, 6.45) is -4.76. The lowest BCUT2D eigenvalue weighted by atomic mass is 10.1. The van der Waals surface area contributed by atoms with Crippen molar-refractivity contribution < 1.29 is 27.4 Å². The van der Waals surface area contributed by atoms with Crippen molar-refractivity contribution in [1.29, 1.82) is 0 Å². The van der Waals surface area contributed by atoms with Crippen LogP contribution in [0.15, 0.2) is 48.5 Å². The van der Waals surface area contributed by atoms with Crippen LogP contribution in [-0.2, 0) is 17.5 Å². The van der Waals surface area contributed by atoms with Crippen LogP contribution in [-0.4, -0.2) is 49.2 Å². The lowest BCUT2D eigenvalue weighted by Gasteiger charge is -2.27. The molecule has 0 saturated carbocycles. The molecule has 1 fully saturated rings. The Morgan fingerprint density at radius 3 is 2.66 bits per heavy atom. The largest absolute Gasteiger partial charge is 0.497 e. The summed E-state index contributed by atoms with van der Waals surface area (Å²) in [7, 11) is 1.52. The van der Waals surface area contributed by atoms with E-state index in [0.717, 1.165) is 30.0 Å². The molecular formula is C25H26F3N3O3S. The number of nitrogens with one attached hydrogen (secondary N) is 1. The fourth-order valence-corrected chi connectivity index (χ4v) is 4.95. The van der Waals surface area contributed by atoms with Crippen molar-refractivity contribution in [1.82, 2.24) is 15.2 Å². The zero-order chi connectivity index (χ0) is 25.0. The number of thiazole rings is 1. The average molecular weight is 506 g/mol. The van der Waals surface area contributed by atoms with Crippen LogP contribution in [0.3, 0.4) is 0 Å². The molecular weight excluding hydrogens is 479 g/mol. The lowest BCUT2D eigenvalue weighted by Crippen LogP contribution is -2.35. The molecule has 1 saturated heterocycles. The fraction of sp³-hybridized carbons (Fsp3) is 0.360. The molecule has 0 radical (unpaired) electrons. The number of morpholine rings is 1. The third-order valence-electron chi connectivity index (χ3n) is 5.79. The van der Waals surface area contributed by atoms with E-state index in [-0.39, 0.29) is 5.01 Å². The number of carbonyl (C=O) groups is 1. The summed E-state index contributed by atoms with van der Waals surface area (Å²) >= 11 is 0.758. The van der Waals surface area contributed by atoms with Gasteiger partial charge >= 0.3 is 6.18 Å². The van der Waals surface area contributed by atoms with Crippen molar-refractivity contribution in [3.05, 3.63) is 70.2 Å². The van der Waals surface area contributed by atoms with Crippen LogP contribution < -0.4 is 10.1 Å². The number of ether oxygens (including phenoxy) is 2. The van der Waals surface area contributed by atoms with Gasteiger partial charge in [0.05, 0.1) is 26.4 Å². The maximum Gasteiger partial charge on any atom is 0.435 e. The van der Waals surface area contributed by atoms with E-state index < -0.39 is 28.7 Å². The van der Waals surface area contributed by atoms with E-state index >= 15 is 0 Å². The molecule has 1 aromatic heterocycles. The van der Waals surface area contributed by atoms with Crippen LogP contribution in [0.1, 0.15) is 39.5 Å². The quantitative estimate of drug-likeness (QED) is 0.481. The molecule has 2 aromatic carbocycles. The Labute approximate surface area is 205 Å². The topological polar surface area (TPSA) is 63.7 Å². The van der Waals surface area contributed by atoms with Gasteiger partial charge in [-0.15, -0.1) is 11.3 Å². The van der Waals surface area contributed by atoms with Crippen LogP contribution in [0.5, 0.6) is 5.75 Å². The number of halogens is 3. The number of methoxy groups -OCH3 is 1. The van der Waals surface area contributed by atoms with Crippen LogP contribution in [0, 0.1) is 0 Å². The number of nitrogens with zero attached hydrogens (tertiary/aromatic N) is 2. The second kappa shape index (κ2) is 10.8. The van der Waals surface area contributed by atoms with Crippen molar-refractivity contribution >= 4 is 17.2 Å². The Bertz CT molecular complexity index is 1180. The van der Waals surface area contributed by atoms with E-state index in [4.69, 9.17) is 9.47 Å². The van der Waals surface area contributed by atoms with Gasteiger partial charge in [-0.05, 0) is 30.2 Å². The van der Waals surface area contributed by atoms with Crippen molar-refractivity contribution in [2.24, 2.45) is 0 Å². The number of aromatic nitrogens is 1. The van der Waals surface area contributed by atoms with Crippen molar-refractivity contribution in [2.75, 3.05) is 33.4 Å². The molecule has 0 aliphatic carbocycles. The average Bonchev–Trinajstić information content (AvgIpc) is 3.31. The molecule has 3 aromatic rings. The highest BCUT2D eigenvalue weighted by molar-refractivity contribution is 7.17. The van der Waals surface area contributed by atoms with Gasteiger partial charge < -0.3 is 14.8 Å². The SMILES string of the molecule is COc1cccc([C@H](C)NC(=O)c2sc(-c3ccccc3CN3CCOCC3)nc2C(F)(F)F)c1. The summed E-state index contributed by atoms with van der Waals surface area (Å²) in [6, 6.07) is 13.7. The number of benzene rings is 2. The molecule has 0 unspecified atom stereocenters. The minimum Gasteiger partial charge on any atom is -0.497 e. The first-order chi connectivity index (χ1) is 16.8. The van der Waals surface area contributed by atoms with Crippen molar-refractivity contribution in [3.63, 3.8) is 0 Å². The highest BCUT2D eigenvalue weighted by Gasteiger charge is 2.40. The predicted molar refractivity (Wildman–Crippen MR) is 128 cm³/mol. The minimum atomic E-state index is -4.76. The van der Waals surface area contributed by atoms with E-state index in [2.05, 4.69) is 15.2 Å². The van der Waals surface area contributed by atoms with Gasteiger partial charge in [0.25, 0.3) is 5.91 Å². The van der Waals surface area contributed by atoms with Crippen molar-refractivity contribution in [3.8, 4) is 16.3 Å². The van der Waals surface area contributed by atoms with Crippen molar-refractivity contribution in [2.45, 2.75) is 25.7 Å². The zero-order valence-electron chi connectivity index (χ0n) is 19.4. The minimum absolute atomic E-state index is 0.167. The van der Waals surface area contributed by atoms with Gasteiger partial charge in [0, 0.05) is 25.2 Å². The highest BCUT2D eigenvalue weighted by atomic mass is 32.1. The maximum atomic E-state index is 13.9. The first-order valence-electron chi connectivity index (χ1n) is 11.2. The number of hydrogen-bond acceptors (Lipinski definition) is 6. The molecule has 6 nitrogen and oxygen atoms in total. The van der Waals surface area contributed by atoms with Crippen LogP contribution in [0.2, 0.25) is 0 Å². The molecule has 1 aliphatic rings. The van der Waals surface area contributed by atoms with E-state index in [9.17, 15) is 18.0 Å². The predicted octanol–water partition coefficient (Wildman–Crippen LogP) is 5.16. The maximum absolute atomic E-state index is 13.9. The van der Waals surface area contributed by atoms with Gasteiger partial charge in [0.1, 0.15) is 15.6 Å². The monoisotopic (exact) mass is 505 g/mol. The van der Waals surface area contributed by atoms with E-state index in [0.29, 0.717) is 36.6 Å². The first kappa shape index (κ1) is 25.2. The molecule has 1 amide bonds. The molecule has 186 valence electrons. The standard InChI is InChI=1S/C25H26F3N3O3S/c1-16(17-7-5-8-19(14-17)33-2)29-23(32)21-22(25(26,27)28)30-24(35-21)20-9-4-3-6-18(20)15-31-10-12-34-13-11-31/h3-9,14,16H,10-13,15H2,1-2H3,(H,29,32)/t16-/m0/s1. The molecule has 1 N–H and O–H groups in total. The normalized spacial score (nSPS) is 15.6. The third kappa shape index (κ3) is 6.01. The third-order valence-corrected chi connectivity index (χ3v) is 6.88. The summed E-state index contributed by atoms with van der Waals surface area (Å²) in [5.41, 5.74) is 0.990. The summed E-state index contributed by atoms with van der Waals surface area (Å²) in [5.74, 6) is -0.224. The van der Waals surface area contributed by atoms with Gasteiger partial charge in [-0.2, -0.15) is 13.2 Å². The lowest BCUT2D eigenvalue weighted by molar-refractivity contribution is -0.141. The Morgan fingerprint density at radius 1 is 1.20 bits per heavy atom. The first-order valence-corrected chi connectivity index (χ1v) is 12.0. The Balaban J connectivity index is 1.63. The summed E-state index contributed by atoms with van der Waals surface area (Å²) in [6.45, 7) is 5.00. The second-order valence-electron chi connectivity index (χ2n) is 8.21. The van der Waals surface area contributed by atoms with Gasteiger partial charge in [-0.1, -0.05) is 36.4 Å². The molecule has 10 heteroatoms. The molecule has 2 heterocycles. The Morgan fingerprint density at radius 2 is 1.94 bits per heavy atom. The molecule has 1 atom stereocenters.